The van der Waals surface area contributed by atoms with Crippen molar-refractivity contribution in [2.24, 2.45) is 0 Å². The van der Waals surface area contributed by atoms with Crippen LogP contribution in [0.4, 0.5) is 8.78 Å². The van der Waals surface area contributed by atoms with Crippen LogP contribution in [0.3, 0.4) is 0 Å². The Morgan fingerprint density at radius 2 is 1.83 bits per heavy atom. The largest absolute Gasteiger partial charge is 0.399 e. The van der Waals surface area contributed by atoms with Crippen LogP contribution in [0.1, 0.15) is 11.1 Å². The average Bonchev–Trinajstić information content (AvgIpc) is 2.89. The molecule has 0 spiro atoms. The van der Waals surface area contributed by atoms with Crippen molar-refractivity contribution < 1.29 is 23.1 Å². The molecule has 5 nitrogen and oxygen atoms in total. The molecule has 1 aromatic heterocycles. The van der Waals surface area contributed by atoms with E-state index in [-0.39, 0.29) is 0 Å². The Balaban J connectivity index is 1.99. The topological polar surface area (TPSA) is 75.3 Å². The summed E-state index contributed by atoms with van der Waals surface area (Å²) in [4.78, 5) is 17.6. The fraction of sp³-hybridized carbons (Fsp3) is 0.133. The molecule has 8 heteroatoms. The summed E-state index contributed by atoms with van der Waals surface area (Å²) < 4.78 is 40.1. The Morgan fingerprint density at radius 1 is 1.13 bits per heavy atom. The van der Waals surface area contributed by atoms with E-state index in [4.69, 9.17) is 9.79 Å². The molecule has 0 aliphatic heterocycles. The Kier molecular flexibility index (Phi) is 3.80. The van der Waals surface area contributed by atoms with Crippen LogP contribution in [0.5, 0.6) is 0 Å². The molecule has 23 heavy (non-hydrogen) atoms. The number of nitrogens with zero attached hydrogens (tertiary/aromatic N) is 2. The normalized spacial score (nSPS) is 12.7. The maximum atomic E-state index is 13.8. The van der Waals surface area contributed by atoms with Crippen molar-refractivity contribution in [1.82, 2.24) is 9.78 Å². The zero-order valence-corrected chi connectivity index (χ0v) is 12.7. The molecule has 0 atom stereocenters. The second kappa shape index (κ2) is 5.53. The van der Waals surface area contributed by atoms with Gasteiger partial charge in [-0.05, 0) is 17.7 Å². The van der Waals surface area contributed by atoms with Gasteiger partial charge in [0.2, 0.25) is 0 Å². The lowest BCUT2D eigenvalue weighted by molar-refractivity contribution is 0.0566. The molecule has 0 saturated heterocycles. The summed E-state index contributed by atoms with van der Waals surface area (Å²) in [6, 6.07) is 13.0. The summed E-state index contributed by atoms with van der Waals surface area (Å²) in [5.41, 5.74) is -3.33. The lowest BCUT2D eigenvalue weighted by Crippen LogP contribution is -2.13. The lowest BCUT2D eigenvalue weighted by atomic mass is 10.1. The highest BCUT2D eigenvalue weighted by molar-refractivity contribution is 7.52. The van der Waals surface area contributed by atoms with Crippen LogP contribution in [0.25, 0.3) is 10.9 Å². The lowest BCUT2D eigenvalue weighted by Gasteiger charge is -2.17. The van der Waals surface area contributed by atoms with Gasteiger partial charge in [0.05, 0.1) is 18.3 Å². The summed E-state index contributed by atoms with van der Waals surface area (Å²) in [6.45, 7) is 0.471. The molecule has 0 saturated carbocycles. The van der Waals surface area contributed by atoms with Crippen LogP contribution in [-0.2, 0) is 16.8 Å². The smallest absolute Gasteiger partial charge is 0.320 e. The van der Waals surface area contributed by atoms with Crippen molar-refractivity contribution in [3.05, 3.63) is 65.9 Å². The van der Waals surface area contributed by atoms with Crippen LogP contribution in [0, 0.1) is 0 Å². The van der Waals surface area contributed by atoms with Gasteiger partial charge in [-0.1, -0.05) is 36.4 Å². The first-order chi connectivity index (χ1) is 10.8. The second-order valence-corrected chi connectivity index (χ2v) is 6.80. The van der Waals surface area contributed by atoms with E-state index in [0.29, 0.717) is 17.4 Å². The molecule has 0 aliphatic rings. The number of fused-ring (bicyclic) bond motifs is 1. The van der Waals surface area contributed by atoms with E-state index in [9.17, 15) is 13.3 Å². The van der Waals surface area contributed by atoms with Gasteiger partial charge in [-0.15, -0.1) is 0 Å². The van der Waals surface area contributed by atoms with Crippen LogP contribution < -0.4 is 0 Å². The molecule has 0 unspecified atom stereocenters. The maximum absolute atomic E-state index is 13.8. The Bertz CT molecular complexity index is 890. The van der Waals surface area contributed by atoms with Gasteiger partial charge in [-0.2, -0.15) is 13.9 Å². The van der Waals surface area contributed by atoms with Gasteiger partial charge in [0.25, 0.3) is 0 Å². The third-order valence-electron chi connectivity index (χ3n) is 3.53. The van der Waals surface area contributed by atoms with Crippen molar-refractivity contribution in [2.45, 2.75) is 12.2 Å². The van der Waals surface area contributed by atoms with Gasteiger partial charge < -0.3 is 9.79 Å². The quantitative estimate of drug-likeness (QED) is 0.716. The Hall–Kier alpha value is -2.08. The van der Waals surface area contributed by atoms with Crippen LogP contribution in [-0.4, -0.2) is 19.6 Å². The van der Waals surface area contributed by atoms with Gasteiger partial charge in [0.15, 0.2) is 0 Å². The van der Waals surface area contributed by atoms with Crippen molar-refractivity contribution >= 4 is 18.5 Å². The van der Waals surface area contributed by atoms with Crippen molar-refractivity contribution in [2.75, 3.05) is 0 Å². The number of alkyl halides is 2. The molecule has 2 N–H and O–H groups in total. The predicted molar refractivity (Wildman–Crippen MR) is 81.2 cm³/mol. The highest BCUT2D eigenvalue weighted by Gasteiger charge is 2.50. The molecule has 0 fully saturated rings. The number of halogens is 2. The first kappa shape index (κ1) is 15.8. The summed E-state index contributed by atoms with van der Waals surface area (Å²) in [6.07, 6.45) is 1.40. The Labute approximate surface area is 130 Å². The van der Waals surface area contributed by atoms with Gasteiger partial charge >= 0.3 is 13.3 Å². The minimum absolute atomic E-state index is 0.395. The van der Waals surface area contributed by atoms with E-state index in [1.54, 1.807) is 4.68 Å². The highest BCUT2D eigenvalue weighted by Crippen LogP contribution is 2.59. The monoisotopic (exact) mass is 338 g/mol. The summed E-state index contributed by atoms with van der Waals surface area (Å²) in [5, 5.41) is 4.55. The molecular formula is C15H13F2N2O3P. The third kappa shape index (κ3) is 2.91. The fourth-order valence-corrected chi connectivity index (χ4v) is 2.80. The zero-order valence-electron chi connectivity index (χ0n) is 11.8. The first-order valence-electron chi connectivity index (χ1n) is 6.72. The van der Waals surface area contributed by atoms with E-state index in [1.807, 2.05) is 30.3 Å². The highest BCUT2D eigenvalue weighted by atomic mass is 31.2. The average molecular weight is 338 g/mol. The van der Waals surface area contributed by atoms with E-state index < -0.39 is 18.8 Å². The minimum atomic E-state index is -5.58. The number of rotatable bonds is 4. The van der Waals surface area contributed by atoms with Crippen LogP contribution >= 0.6 is 7.60 Å². The Morgan fingerprint density at radius 3 is 2.48 bits per heavy atom. The molecule has 3 rings (SSSR count). The SMILES string of the molecule is O=P(O)(O)C(F)(F)c1ccc2c(cnn2Cc2ccccc2)c1. The molecule has 0 aliphatic carbocycles. The molecule has 0 radical (unpaired) electrons. The van der Waals surface area contributed by atoms with Crippen LogP contribution in [0.15, 0.2) is 54.7 Å². The molecule has 0 bridgehead atoms. The number of hydrogen-bond donors (Lipinski definition) is 2. The van der Waals surface area contributed by atoms with Crippen LogP contribution in [0.2, 0.25) is 0 Å². The van der Waals surface area contributed by atoms with Gasteiger partial charge in [0, 0.05) is 10.9 Å². The molecule has 1 heterocycles. The maximum Gasteiger partial charge on any atom is 0.399 e. The van der Waals surface area contributed by atoms with Gasteiger partial charge in [0.1, 0.15) is 0 Å². The van der Waals surface area contributed by atoms with Crippen molar-refractivity contribution in [1.29, 1.82) is 0 Å². The number of aromatic nitrogens is 2. The third-order valence-corrected chi connectivity index (χ3v) is 4.52. The van der Waals surface area contributed by atoms with Gasteiger partial charge in [-0.3, -0.25) is 9.25 Å². The van der Waals surface area contributed by atoms with Gasteiger partial charge in [-0.25, -0.2) is 0 Å². The van der Waals surface area contributed by atoms with Crippen molar-refractivity contribution in [3.63, 3.8) is 0 Å². The minimum Gasteiger partial charge on any atom is -0.320 e. The second-order valence-electron chi connectivity index (χ2n) is 5.15. The standard InChI is InChI=1S/C15H13F2N2O3P/c16-15(17,23(20,21)22)13-6-7-14-12(8-13)9-18-19(14)10-11-4-2-1-3-5-11/h1-9H,10H2,(H2,20,21,22). The zero-order chi connectivity index (χ0) is 16.7. The molecule has 3 aromatic rings. The van der Waals surface area contributed by atoms with Crippen molar-refractivity contribution in [3.8, 4) is 0 Å². The summed E-state index contributed by atoms with van der Waals surface area (Å²) in [5.74, 6) is 0. The summed E-state index contributed by atoms with van der Waals surface area (Å²) >= 11 is 0. The number of hydrogen-bond acceptors (Lipinski definition) is 2. The fourth-order valence-electron chi connectivity index (χ4n) is 2.32. The van der Waals surface area contributed by atoms with E-state index in [1.165, 1.54) is 12.3 Å². The number of benzene rings is 2. The molecule has 120 valence electrons. The molecular weight excluding hydrogens is 325 g/mol. The van der Waals surface area contributed by atoms with E-state index in [2.05, 4.69) is 5.10 Å². The van der Waals surface area contributed by atoms with E-state index >= 15 is 0 Å². The molecule has 0 amide bonds. The predicted octanol–water partition coefficient (Wildman–Crippen LogP) is 3.31. The first-order valence-corrected chi connectivity index (χ1v) is 8.34. The summed E-state index contributed by atoms with van der Waals surface area (Å²) in [7, 11) is -5.58. The molecule has 2 aromatic carbocycles. The van der Waals surface area contributed by atoms with E-state index in [0.717, 1.165) is 17.7 Å².